The SMILES string of the molecule is CCOC(=O)c1sc(N2C(=O)C(=O)C(=C(O)c3ccc(OCc4cccc(C)c4)cc3)C2c2ccc(C(=O)OC)cc2)nc1C. The van der Waals surface area contributed by atoms with Crippen LogP contribution in [0.15, 0.2) is 78.4 Å². The van der Waals surface area contributed by atoms with Gasteiger partial charge in [-0.15, -0.1) is 0 Å². The zero-order chi connectivity index (χ0) is 32.2. The lowest BCUT2D eigenvalue weighted by Gasteiger charge is -2.23. The molecule has 230 valence electrons. The second-order valence-corrected chi connectivity index (χ2v) is 11.2. The number of carbonyl (C=O) groups is 4. The number of aliphatic hydroxyl groups excluding tert-OH is 1. The van der Waals surface area contributed by atoms with Crippen LogP contribution in [0.25, 0.3) is 5.76 Å². The van der Waals surface area contributed by atoms with Crippen molar-refractivity contribution >= 4 is 45.9 Å². The molecule has 45 heavy (non-hydrogen) atoms. The lowest BCUT2D eigenvalue weighted by molar-refractivity contribution is -0.132. The number of ketones is 1. The lowest BCUT2D eigenvalue weighted by atomic mass is 9.94. The van der Waals surface area contributed by atoms with E-state index in [1.807, 2.05) is 31.2 Å². The zero-order valence-corrected chi connectivity index (χ0v) is 25.8. The molecule has 3 aromatic carbocycles. The molecule has 5 rings (SSSR count). The second kappa shape index (κ2) is 13.1. The van der Waals surface area contributed by atoms with Crippen LogP contribution in [0, 0.1) is 13.8 Å². The number of Topliss-reactive ketones (excluding diaryl/α,β-unsaturated/α-hetero) is 1. The third kappa shape index (κ3) is 6.34. The van der Waals surface area contributed by atoms with Gasteiger partial charge in [0, 0.05) is 5.56 Å². The molecule has 1 N–H and O–H groups in total. The molecule has 0 saturated carbocycles. The summed E-state index contributed by atoms with van der Waals surface area (Å²) >= 11 is 0.909. The highest BCUT2D eigenvalue weighted by Crippen LogP contribution is 2.44. The fourth-order valence-electron chi connectivity index (χ4n) is 4.97. The molecule has 10 nitrogen and oxygen atoms in total. The number of ether oxygens (including phenoxy) is 3. The molecule has 2 heterocycles. The molecule has 1 atom stereocenters. The number of amides is 1. The van der Waals surface area contributed by atoms with Crippen LogP contribution in [0.2, 0.25) is 0 Å². The number of hydrogen-bond donors (Lipinski definition) is 1. The van der Waals surface area contributed by atoms with E-state index in [4.69, 9.17) is 14.2 Å². The molecule has 0 bridgehead atoms. The molecule has 1 unspecified atom stereocenters. The van der Waals surface area contributed by atoms with E-state index < -0.39 is 35.4 Å². The summed E-state index contributed by atoms with van der Waals surface area (Å²) in [7, 11) is 1.26. The summed E-state index contributed by atoms with van der Waals surface area (Å²) in [6.07, 6.45) is 0. The maximum Gasteiger partial charge on any atom is 0.350 e. The standard InChI is InChI=1S/C34H30N2O8S/c1-5-43-33(41)30-20(3)35-34(45-30)36-27(22-9-11-24(12-10-22)32(40)42-4)26(29(38)31(36)39)28(37)23-13-15-25(16-14-23)44-18-21-8-6-7-19(2)17-21/h6-17,27,37H,5,18H2,1-4H3. The monoisotopic (exact) mass is 626 g/mol. The molecule has 0 radical (unpaired) electrons. The van der Waals surface area contributed by atoms with Crippen molar-refractivity contribution in [1.82, 2.24) is 4.98 Å². The lowest BCUT2D eigenvalue weighted by Crippen LogP contribution is -2.29. The predicted octanol–water partition coefficient (Wildman–Crippen LogP) is 5.93. The smallest absolute Gasteiger partial charge is 0.350 e. The minimum Gasteiger partial charge on any atom is -0.507 e. The van der Waals surface area contributed by atoms with Gasteiger partial charge < -0.3 is 19.3 Å². The van der Waals surface area contributed by atoms with E-state index in [2.05, 4.69) is 4.98 Å². The molecule has 1 saturated heterocycles. The number of thiazole rings is 1. The van der Waals surface area contributed by atoms with Gasteiger partial charge in [-0.25, -0.2) is 14.6 Å². The third-order valence-corrected chi connectivity index (χ3v) is 8.30. The summed E-state index contributed by atoms with van der Waals surface area (Å²) in [4.78, 5) is 57.5. The predicted molar refractivity (Wildman–Crippen MR) is 167 cm³/mol. The van der Waals surface area contributed by atoms with Crippen LogP contribution in [-0.2, 0) is 25.7 Å². The summed E-state index contributed by atoms with van der Waals surface area (Å²) < 4.78 is 15.8. The molecule has 1 fully saturated rings. The minimum atomic E-state index is -1.12. The highest BCUT2D eigenvalue weighted by molar-refractivity contribution is 7.17. The van der Waals surface area contributed by atoms with E-state index >= 15 is 0 Å². The summed E-state index contributed by atoms with van der Waals surface area (Å²) in [5, 5.41) is 11.6. The number of aliphatic hydroxyl groups is 1. The number of anilines is 1. The Morgan fingerprint density at radius 1 is 0.956 bits per heavy atom. The summed E-state index contributed by atoms with van der Waals surface area (Å²) in [6.45, 7) is 5.78. The van der Waals surface area contributed by atoms with Gasteiger partial charge in [-0.3, -0.25) is 14.5 Å². The topological polar surface area (TPSA) is 132 Å². The van der Waals surface area contributed by atoms with E-state index in [0.29, 0.717) is 23.6 Å². The van der Waals surface area contributed by atoms with Crippen LogP contribution in [0.5, 0.6) is 5.75 Å². The number of aryl methyl sites for hydroxylation is 2. The first kappa shape index (κ1) is 31.1. The van der Waals surface area contributed by atoms with E-state index in [1.54, 1.807) is 50.2 Å². The van der Waals surface area contributed by atoms with Gasteiger partial charge in [0.15, 0.2) is 5.13 Å². The van der Waals surface area contributed by atoms with Crippen LogP contribution in [0.3, 0.4) is 0 Å². The second-order valence-electron chi connectivity index (χ2n) is 10.2. The molecule has 1 aliphatic rings. The summed E-state index contributed by atoms with van der Waals surface area (Å²) in [6, 6.07) is 19.5. The first-order valence-corrected chi connectivity index (χ1v) is 14.9. The Balaban J connectivity index is 1.54. The van der Waals surface area contributed by atoms with Crippen LogP contribution in [0.1, 0.15) is 60.9 Å². The fraction of sp³-hybridized carbons (Fsp3) is 0.206. The van der Waals surface area contributed by atoms with Gasteiger partial charge in [-0.2, -0.15) is 0 Å². The average Bonchev–Trinajstić information content (AvgIpc) is 3.55. The van der Waals surface area contributed by atoms with E-state index in [0.717, 1.165) is 27.4 Å². The van der Waals surface area contributed by atoms with Gasteiger partial charge in [0.05, 0.1) is 36.6 Å². The molecule has 1 aromatic heterocycles. The van der Waals surface area contributed by atoms with E-state index in [-0.39, 0.29) is 33.3 Å². The van der Waals surface area contributed by atoms with Crippen molar-refractivity contribution in [2.45, 2.75) is 33.4 Å². The molecule has 1 amide bonds. The summed E-state index contributed by atoms with van der Waals surface area (Å²) in [5.74, 6) is -2.87. The van der Waals surface area contributed by atoms with Crippen molar-refractivity contribution < 1.29 is 38.5 Å². The molecule has 1 aliphatic heterocycles. The van der Waals surface area contributed by atoms with Crippen LogP contribution in [-0.4, -0.2) is 47.4 Å². The number of benzene rings is 3. The molecule has 11 heteroatoms. The Hall–Kier alpha value is -5.29. The van der Waals surface area contributed by atoms with Crippen molar-refractivity contribution in [1.29, 1.82) is 0 Å². The van der Waals surface area contributed by atoms with Gasteiger partial charge >= 0.3 is 17.8 Å². The maximum absolute atomic E-state index is 13.6. The molecular formula is C34H30N2O8S. The van der Waals surface area contributed by atoms with Crippen molar-refractivity contribution in [2.75, 3.05) is 18.6 Å². The fourth-order valence-corrected chi connectivity index (χ4v) is 5.96. The van der Waals surface area contributed by atoms with E-state index in [1.165, 1.54) is 19.2 Å². The number of nitrogens with zero attached hydrogens (tertiary/aromatic N) is 2. The average molecular weight is 627 g/mol. The largest absolute Gasteiger partial charge is 0.507 e. The Morgan fingerprint density at radius 3 is 2.29 bits per heavy atom. The molecule has 0 aliphatic carbocycles. The Kier molecular flexibility index (Phi) is 9.10. The van der Waals surface area contributed by atoms with Gasteiger partial charge in [0.2, 0.25) is 0 Å². The van der Waals surface area contributed by atoms with E-state index in [9.17, 15) is 24.3 Å². The first-order valence-electron chi connectivity index (χ1n) is 14.1. The maximum atomic E-state index is 13.6. The van der Waals surface area contributed by atoms with Crippen LogP contribution < -0.4 is 9.64 Å². The molecule has 0 spiro atoms. The number of hydrogen-bond acceptors (Lipinski definition) is 10. The Bertz CT molecular complexity index is 1810. The normalized spacial score (nSPS) is 15.6. The van der Waals surface area contributed by atoms with Gasteiger partial charge in [-0.1, -0.05) is 53.3 Å². The van der Waals surface area contributed by atoms with Crippen molar-refractivity contribution in [3.05, 3.63) is 117 Å². The molecule has 4 aromatic rings. The van der Waals surface area contributed by atoms with Crippen molar-refractivity contribution in [3.63, 3.8) is 0 Å². The minimum absolute atomic E-state index is 0.0821. The number of aromatic nitrogens is 1. The van der Waals surface area contributed by atoms with Gasteiger partial charge in [0.25, 0.3) is 5.78 Å². The Morgan fingerprint density at radius 2 is 1.64 bits per heavy atom. The summed E-state index contributed by atoms with van der Waals surface area (Å²) in [5.41, 5.74) is 3.24. The molecular weight excluding hydrogens is 596 g/mol. The zero-order valence-electron chi connectivity index (χ0n) is 25.0. The highest BCUT2D eigenvalue weighted by atomic mass is 32.1. The van der Waals surface area contributed by atoms with Crippen LogP contribution >= 0.6 is 11.3 Å². The van der Waals surface area contributed by atoms with Gasteiger partial charge in [-0.05, 0) is 68.3 Å². The quantitative estimate of drug-likeness (QED) is 0.104. The highest BCUT2D eigenvalue weighted by Gasteiger charge is 2.48. The van der Waals surface area contributed by atoms with Crippen molar-refractivity contribution in [2.24, 2.45) is 0 Å². The van der Waals surface area contributed by atoms with Crippen molar-refractivity contribution in [3.8, 4) is 5.75 Å². The number of rotatable bonds is 9. The number of methoxy groups -OCH3 is 1. The number of carbonyl (C=O) groups excluding carboxylic acids is 4. The number of esters is 2. The third-order valence-electron chi connectivity index (χ3n) is 7.16. The Labute approximate surface area is 263 Å². The van der Waals surface area contributed by atoms with Gasteiger partial charge in [0.1, 0.15) is 23.0 Å². The van der Waals surface area contributed by atoms with Crippen LogP contribution in [0.4, 0.5) is 5.13 Å². The first-order chi connectivity index (χ1) is 21.6.